The summed E-state index contributed by atoms with van der Waals surface area (Å²) in [5.74, 6) is -0.264. The summed E-state index contributed by atoms with van der Waals surface area (Å²) in [7, 11) is 2.97. The summed E-state index contributed by atoms with van der Waals surface area (Å²) in [5.41, 5.74) is 0.719. The number of esters is 1. The molecular weight excluding hydrogens is 382 g/mol. The Labute approximate surface area is 167 Å². The minimum absolute atomic E-state index is 0.251. The third kappa shape index (κ3) is 4.35. The van der Waals surface area contributed by atoms with Crippen LogP contribution in [0.3, 0.4) is 0 Å². The van der Waals surface area contributed by atoms with Gasteiger partial charge in [-0.2, -0.15) is 0 Å². The Morgan fingerprint density at radius 2 is 1.61 bits per heavy atom. The van der Waals surface area contributed by atoms with E-state index >= 15 is 0 Å². The number of nitrogens with one attached hydrogen (secondary N) is 1. The quantitative estimate of drug-likeness (QED) is 0.625. The molecule has 0 saturated heterocycles. The number of ether oxygens (including phenoxy) is 3. The predicted octanol–water partition coefficient (Wildman–Crippen LogP) is 4.31. The van der Waals surface area contributed by atoms with E-state index < -0.39 is 18.5 Å². The van der Waals surface area contributed by atoms with Crippen LogP contribution in [0.4, 0.5) is 5.69 Å². The molecular formula is C21H18ClNO5. The number of anilines is 1. The number of methoxy groups -OCH3 is 2. The zero-order valence-corrected chi connectivity index (χ0v) is 16.1. The van der Waals surface area contributed by atoms with Crippen molar-refractivity contribution < 1.29 is 23.8 Å². The number of halogens is 1. The molecule has 6 nitrogen and oxygen atoms in total. The topological polar surface area (TPSA) is 73.9 Å². The van der Waals surface area contributed by atoms with Gasteiger partial charge < -0.3 is 19.5 Å². The van der Waals surface area contributed by atoms with Crippen molar-refractivity contribution in [2.75, 3.05) is 26.1 Å². The summed E-state index contributed by atoms with van der Waals surface area (Å²) >= 11 is 6.03. The van der Waals surface area contributed by atoms with Crippen molar-refractivity contribution in [1.82, 2.24) is 0 Å². The molecule has 0 unspecified atom stereocenters. The standard InChI is InChI=1S/C21H18ClNO5/c1-26-18-8-7-15(11-17(18)22)23-20(24)12-28-21(25)16-9-13-5-3-4-6-14(13)10-19(16)27-2/h3-11H,12H2,1-2H3,(H,23,24). The average molecular weight is 400 g/mol. The fourth-order valence-corrected chi connectivity index (χ4v) is 2.96. The molecule has 0 aliphatic rings. The van der Waals surface area contributed by atoms with Crippen LogP contribution >= 0.6 is 11.6 Å². The van der Waals surface area contributed by atoms with E-state index in [1.165, 1.54) is 14.2 Å². The van der Waals surface area contributed by atoms with Gasteiger partial charge in [0.05, 0.1) is 19.2 Å². The van der Waals surface area contributed by atoms with Crippen LogP contribution in [0, 0.1) is 0 Å². The highest BCUT2D eigenvalue weighted by Crippen LogP contribution is 2.28. The van der Waals surface area contributed by atoms with Gasteiger partial charge in [-0.15, -0.1) is 0 Å². The lowest BCUT2D eigenvalue weighted by atomic mass is 10.1. The maximum absolute atomic E-state index is 12.4. The van der Waals surface area contributed by atoms with Gasteiger partial charge in [-0.3, -0.25) is 4.79 Å². The fourth-order valence-electron chi connectivity index (χ4n) is 2.70. The van der Waals surface area contributed by atoms with Crippen LogP contribution in [0.5, 0.6) is 11.5 Å². The van der Waals surface area contributed by atoms with Crippen LogP contribution in [0.2, 0.25) is 5.02 Å². The smallest absolute Gasteiger partial charge is 0.342 e. The second-order valence-corrected chi connectivity index (χ2v) is 6.28. The molecule has 28 heavy (non-hydrogen) atoms. The Morgan fingerprint density at radius 1 is 0.929 bits per heavy atom. The van der Waals surface area contributed by atoms with E-state index in [-0.39, 0.29) is 5.56 Å². The number of amides is 1. The molecule has 0 bridgehead atoms. The van der Waals surface area contributed by atoms with Gasteiger partial charge in [0, 0.05) is 5.69 Å². The minimum atomic E-state index is -0.648. The molecule has 3 aromatic rings. The molecule has 0 radical (unpaired) electrons. The molecule has 0 heterocycles. The summed E-state index contributed by atoms with van der Waals surface area (Å²) in [4.78, 5) is 24.5. The molecule has 144 valence electrons. The van der Waals surface area contributed by atoms with Crippen molar-refractivity contribution in [1.29, 1.82) is 0 Å². The van der Waals surface area contributed by atoms with Crippen molar-refractivity contribution in [3.63, 3.8) is 0 Å². The van der Waals surface area contributed by atoms with Gasteiger partial charge in [0.2, 0.25) is 0 Å². The lowest BCUT2D eigenvalue weighted by Crippen LogP contribution is -2.21. The number of rotatable bonds is 6. The maximum Gasteiger partial charge on any atom is 0.342 e. The normalized spacial score (nSPS) is 10.4. The predicted molar refractivity (Wildman–Crippen MR) is 107 cm³/mol. The second kappa shape index (κ2) is 8.63. The number of carbonyl (C=O) groups is 2. The summed E-state index contributed by atoms with van der Waals surface area (Å²) in [6.07, 6.45) is 0. The molecule has 0 saturated carbocycles. The molecule has 0 aromatic heterocycles. The molecule has 0 spiro atoms. The van der Waals surface area contributed by atoms with Crippen LogP contribution in [0.25, 0.3) is 10.8 Å². The maximum atomic E-state index is 12.4. The molecule has 3 rings (SSSR count). The van der Waals surface area contributed by atoms with E-state index in [0.717, 1.165) is 10.8 Å². The summed E-state index contributed by atoms with van der Waals surface area (Å²) in [6, 6.07) is 15.8. The van der Waals surface area contributed by atoms with Crippen LogP contribution in [0.15, 0.2) is 54.6 Å². The van der Waals surface area contributed by atoms with E-state index in [1.54, 1.807) is 30.3 Å². The number of hydrogen-bond donors (Lipinski definition) is 1. The fraction of sp³-hybridized carbons (Fsp3) is 0.143. The molecule has 0 fully saturated rings. The second-order valence-electron chi connectivity index (χ2n) is 5.87. The monoisotopic (exact) mass is 399 g/mol. The Bertz CT molecular complexity index is 1030. The molecule has 1 N–H and O–H groups in total. The van der Waals surface area contributed by atoms with Crippen molar-refractivity contribution in [3.05, 3.63) is 65.2 Å². The largest absolute Gasteiger partial charge is 0.496 e. The summed E-state index contributed by atoms with van der Waals surface area (Å²) in [5, 5.41) is 4.77. The molecule has 0 aliphatic carbocycles. The highest BCUT2D eigenvalue weighted by Gasteiger charge is 2.17. The summed E-state index contributed by atoms with van der Waals surface area (Å²) in [6.45, 7) is -0.446. The highest BCUT2D eigenvalue weighted by molar-refractivity contribution is 6.32. The van der Waals surface area contributed by atoms with E-state index in [9.17, 15) is 9.59 Å². The van der Waals surface area contributed by atoms with Crippen molar-refractivity contribution in [2.24, 2.45) is 0 Å². The van der Waals surface area contributed by atoms with Crippen LogP contribution in [0.1, 0.15) is 10.4 Å². The van der Waals surface area contributed by atoms with Gasteiger partial charge in [0.1, 0.15) is 17.1 Å². The van der Waals surface area contributed by atoms with Gasteiger partial charge >= 0.3 is 5.97 Å². The zero-order chi connectivity index (χ0) is 20.1. The Hall–Kier alpha value is -3.25. The first-order chi connectivity index (χ1) is 13.5. The van der Waals surface area contributed by atoms with Crippen molar-refractivity contribution in [3.8, 4) is 11.5 Å². The minimum Gasteiger partial charge on any atom is -0.496 e. The Kier molecular flexibility index (Phi) is 6.01. The molecule has 3 aromatic carbocycles. The van der Waals surface area contributed by atoms with E-state index in [0.29, 0.717) is 22.2 Å². The average Bonchev–Trinajstić information content (AvgIpc) is 2.71. The molecule has 7 heteroatoms. The van der Waals surface area contributed by atoms with Crippen molar-refractivity contribution >= 4 is 39.9 Å². The van der Waals surface area contributed by atoms with E-state index in [1.807, 2.05) is 24.3 Å². The van der Waals surface area contributed by atoms with Gasteiger partial charge in [-0.05, 0) is 41.1 Å². The van der Waals surface area contributed by atoms with Crippen LogP contribution < -0.4 is 14.8 Å². The van der Waals surface area contributed by atoms with Gasteiger partial charge in [0.15, 0.2) is 6.61 Å². The molecule has 0 atom stereocenters. The number of carbonyl (C=O) groups excluding carboxylic acids is 2. The van der Waals surface area contributed by atoms with E-state index in [4.69, 9.17) is 25.8 Å². The molecule has 1 amide bonds. The van der Waals surface area contributed by atoms with Crippen LogP contribution in [-0.2, 0) is 9.53 Å². The number of fused-ring (bicyclic) bond motifs is 1. The number of benzene rings is 3. The van der Waals surface area contributed by atoms with Crippen LogP contribution in [-0.4, -0.2) is 32.7 Å². The first-order valence-electron chi connectivity index (χ1n) is 8.39. The lowest BCUT2D eigenvalue weighted by Gasteiger charge is -2.11. The third-order valence-electron chi connectivity index (χ3n) is 4.06. The van der Waals surface area contributed by atoms with Gasteiger partial charge in [0.25, 0.3) is 5.91 Å². The van der Waals surface area contributed by atoms with Crippen molar-refractivity contribution in [2.45, 2.75) is 0 Å². The molecule has 0 aliphatic heterocycles. The first kappa shape index (κ1) is 19.5. The Balaban J connectivity index is 1.67. The van der Waals surface area contributed by atoms with Gasteiger partial charge in [-0.1, -0.05) is 35.9 Å². The number of hydrogen-bond acceptors (Lipinski definition) is 5. The lowest BCUT2D eigenvalue weighted by molar-refractivity contribution is -0.119. The SMILES string of the molecule is COc1ccc(NC(=O)COC(=O)c2cc3ccccc3cc2OC)cc1Cl. The zero-order valence-electron chi connectivity index (χ0n) is 15.3. The van der Waals surface area contributed by atoms with E-state index in [2.05, 4.69) is 5.32 Å². The first-order valence-corrected chi connectivity index (χ1v) is 8.77. The highest BCUT2D eigenvalue weighted by atomic mass is 35.5. The Morgan fingerprint density at radius 3 is 2.25 bits per heavy atom. The van der Waals surface area contributed by atoms with Gasteiger partial charge in [-0.25, -0.2) is 4.79 Å². The third-order valence-corrected chi connectivity index (χ3v) is 4.35. The summed E-state index contributed by atoms with van der Waals surface area (Å²) < 4.78 is 15.5.